The maximum atomic E-state index is 5.77. The number of anilines is 1. The van der Waals surface area contributed by atoms with Crippen molar-refractivity contribution in [2.75, 3.05) is 12.3 Å². The van der Waals surface area contributed by atoms with E-state index in [2.05, 4.69) is 27.1 Å². The summed E-state index contributed by atoms with van der Waals surface area (Å²) in [6.07, 6.45) is 5.23. The van der Waals surface area contributed by atoms with Crippen molar-refractivity contribution in [3.8, 4) is 0 Å². The van der Waals surface area contributed by atoms with Crippen LogP contribution >= 0.6 is 0 Å². The number of hydrogen-bond donors (Lipinski definition) is 1. The van der Waals surface area contributed by atoms with Crippen LogP contribution in [0.5, 0.6) is 0 Å². The maximum Gasteiger partial charge on any atom is 0.165 e. The molecule has 0 spiro atoms. The third-order valence-electron chi connectivity index (χ3n) is 3.48. The van der Waals surface area contributed by atoms with Crippen LogP contribution in [0.25, 0.3) is 11.2 Å². The second kappa shape index (κ2) is 7.00. The summed E-state index contributed by atoms with van der Waals surface area (Å²) in [6, 6.07) is 10.2. The molecule has 2 N–H and O–H groups in total. The van der Waals surface area contributed by atoms with Gasteiger partial charge in [0.25, 0.3) is 0 Å². The molecule has 3 aromatic rings. The molecule has 0 radical (unpaired) electrons. The number of imidazole rings is 1. The molecule has 114 valence electrons. The average Bonchev–Trinajstić information content (AvgIpc) is 2.96. The number of fused-ring (bicyclic) bond motifs is 1. The van der Waals surface area contributed by atoms with Gasteiger partial charge in [-0.05, 0) is 18.4 Å². The Balaban J connectivity index is 1.42. The Hall–Kier alpha value is -2.47. The van der Waals surface area contributed by atoms with Crippen LogP contribution < -0.4 is 5.73 Å². The van der Waals surface area contributed by atoms with Crippen LogP contribution in [0.2, 0.25) is 0 Å². The Bertz CT molecular complexity index is 726. The van der Waals surface area contributed by atoms with Gasteiger partial charge in [0.2, 0.25) is 0 Å². The first-order valence-corrected chi connectivity index (χ1v) is 7.37. The van der Waals surface area contributed by atoms with E-state index in [-0.39, 0.29) is 0 Å². The number of benzene rings is 1. The van der Waals surface area contributed by atoms with Crippen molar-refractivity contribution in [1.82, 2.24) is 19.5 Å². The number of aryl methyl sites for hydroxylation is 1. The SMILES string of the molecule is Nc1ncnc2c1ncn2CCCCOCc1ccccc1. The van der Waals surface area contributed by atoms with Gasteiger partial charge in [0.15, 0.2) is 11.5 Å². The molecule has 6 heteroatoms. The quantitative estimate of drug-likeness (QED) is 0.677. The van der Waals surface area contributed by atoms with Gasteiger partial charge in [-0.2, -0.15) is 0 Å². The zero-order chi connectivity index (χ0) is 15.2. The molecule has 6 nitrogen and oxygen atoms in total. The van der Waals surface area contributed by atoms with E-state index >= 15 is 0 Å². The summed E-state index contributed by atoms with van der Waals surface area (Å²) in [6.45, 7) is 2.26. The van der Waals surface area contributed by atoms with Crippen LogP contribution in [0.4, 0.5) is 5.82 Å². The Morgan fingerprint density at radius 3 is 2.77 bits per heavy atom. The van der Waals surface area contributed by atoms with Crippen molar-refractivity contribution < 1.29 is 4.74 Å². The molecule has 0 amide bonds. The highest BCUT2D eigenvalue weighted by atomic mass is 16.5. The summed E-state index contributed by atoms with van der Waals surface area (Å²) in [5.74, 6) is 0.426. The molecule has 0 fully saturated rings. The highest BCUT2D eigenvalue weighted by molar-refractivity contribution is 5.80. The predicted octanol–water partition coefficient (Wildman–Crippen LogP) is 2.41. The van der Waals surface area contributed by atoms with Crippen molar-refractivity contribution in [2.45, 2.75) is 26.0 Å². The number of ether oxygens (including phenoxy) is 1. The zero-order valence-electron chi connectivity index (χ0n) is 12.4. The highest BCUT2D eigenvalue weighted by Gasteiger charge is 2.06. The summed E-state index contributed by atoms with van der Waals surface area (Å²) in [5, 5.41) is 0. The lowest BCUT2D eigenvalue weighted by molar-refractivity contribution is 0.116. The van der Waals surface area contributed by atoms with Crippen molar-refractivity contribution in [3.63, 3.8) is 0 Å². The van der Waals surface area contributed by atoms with E-state index in [1.807, 2.05) is 22.8 Å². The lowest BCUT2D eigenvalue weighted by Crippen LogP contribution is -2.01. The molecule has 3 rings (SSSR count). The van der Waals surface area contributed by atoms with Gasteiger partial charge in [-0.15, -0.1) is 0 Å². The molecular weight excluding hydrogens is 278 g/mol. The number of nitrogen functional groups attached to an aromatic ring is 1. The van der Waals surface area contributed by atoms with Gasteiger partial charge >= 0.3 is 0 Å². The Kier molecular flexibility index (Phi) is 4.60. The van der Waals surface area contributed by atoms with E-state index in [1.54, 1.807) is 6.33 Å². The molecule has 0 saturated heterocycles. The van der Waals surface area contributed by atoms with E-state index in [4.69, 9.17) is 10.5 Å². The molecule has 2 aromatic heterocycles. The van der Waals surface area contributed by atoms with Crippen molar-refractivity contribution in [3.05, 3.63) is 48.5 Å². The molecule has 0 aliphatic heterocycles. The van der Waals surface area contributed by atoms with Gasteiger partial charge in [0.1, 0.15) is 11.8 Å². The van der Waals surface area contributed by atoms with E-state index in [1.165, 1.54) is 11.9 Å². The fraction of sp³-hybridized carbons (Fsp3) is 0.312. The smallest absolute Gasteiger partial charge is 0.165 e. The molecule has 0 unspecified atom stereocenters. The Morgan fingerprint density at radius 1 is 1.05 bits per heavy atom. The van der Waals surface area contributed by atoms with Crippen LogP contribution in [0.3, 0.4) is 0 Å². The minimum atomic E-state index is 0.426. The number of nitrogens with zero attached hydrogens (tertiary/aromatic N) is 4. The monoisotopic (exact) mass is 297 g/mol. The number of rotatable bonds is 7. The van der Waals surface area contributed by atoms with E-state index in [0.29, 0.717) is 17.9 Å². The van der Waals surface area contributed by atoms with Crippen LogP contribution in [-0.4, -0.2) is 26.1 Å². The lowest BCUT2D eigenvalue weighted by atomic mass is 10.2. The second-order valence-corrected chi connectivity index (χ2v) is 5.11. The fourth-order valence-corrected chi connectivity index (χ4v) is 2.31. The van der Waals surface area contributed by atoms with Crippen LogP contribution in [0.1, 0.15) is 18.4 Å². The van der Waals surface area contributed by atoms with E-state index in [0.717, 1.165) is 31.6 Å². The van der Waals surface area contributed by atoms with Gasteiger partial charge in [0.05, 0.1) is 12.9 Å². The second-order valence-electron chi connectivity index (χ2n) is 5.11. The summed E-state index contributed by atoms with van der Waals surface area (Å²) in [5.41, 5.74) is 8.44. The molecule has 0 bridgehead atoms. The number of unbranched alkanes of at least 4 members (excludes halogenated alkanes) is 1. The molecule has 22 heavy (non-hydrogen) atoms. The molecule has 0 aliphatic carbocycles. The van der Waals surface area contributed by atoms with Crippen molar-refractivity contribution in [2.24, 2.45) is 0 Å². The van der Waals surface area contributed by atoms with E-state index < -0.39 is 0 Å². The first-order valence-electron chi connectivity index (χ1n) is 7.37. The highest BCUT2D eigenvalue weighted by Crippen LogP contribution is 2.14. The molecule has 0 atom stereocenters. The molecule has 2 heterocycles. The largest absolute Gasteiger partial charge is 0.382 e. The van der Waals surface area contributed by atoms with Gasteiger partial charge in [-0.1, -0.05) is 30.3 Å². The Morgan fingerprint density at radius 2 is 1.91 bits per heavy atom. The lowest BCUT2D eigenvalue weighted by Gasteiger charge is -2.05. The summed E-state index contributed by atoms with van der Waals surface area (Å²) < 4.78 is 7.68. The van der Waals surface area contributed by atoms with Crippen LogP contribution in [0, 0.1) is 0 Å². The van der Waals surface area contributed by atoms with Gasteiger partial charge < -0.3 is 15.0 Å². The van der Waals surface area contributed by atoms with Crippen molar-refractivity contribution >= 4 is 17.0 Å². The normalized spacial score (nSPS) is 11.1. The minimum absolute atomic E-state index is 0.426. The number of aromatic nitrogens is 4. The standard InChI is InChI=1S/C16H19N5O/c17-15-14-16(19-11-18-15)21(12-20-14)8-4-5-9-22-10-13-6-2-1-3-7-13/h1-3,6-7,11-12H,4-5,8-10H2,(H2,17,18,19). The van der Waals surface area contributed by atoms with Gasteiger partial charge in [-0.3, -0.25) is 0 Å². The van der Waals surface area contributed by atoms with Gasteiger partial charge in [0, 0.05) is 13.2 Å². The molecule has 1 aromatic carbocycles. The van der Waals surface area contributed by atoms with Crippen molar-refractivity contribution in [1.29, 1.82) is 0 Å². The Labute approximate surface area is 129 Å². The predicted molar refractivity (Wildman–Crippen MR) is 85.1 cm³/mol. The summed E-state index contributed by atoms with van der Waals surface area (Å²) >= 11 is 0. The topological polar surface area (TPSA) is 78.9 Å². The summed E-state index contributed by atoms with van der Waals surface area (Å²) in [7, 11) is 0. The number of nitrogens with two attached hydrogens (primary N) is 1. The number of hydrogen-bond acceptors (Lipinski definition) is 5. The fourth-order valence-electron chi connectivity index (χ4n) is 2.31. The molecule has 0 aliphatic rings. The van der Waals surface area contributed by atoms with E-state index in [9.17, 15) is 0 Å². The first kappa shape index (κ1) is 14.5. The molecular formula is C16H19N5O. The average molecular weight is 297 g/mol. The first-order chi connectivity index (χ1) is 10.8. The van der Waals surface area contributed by atoms with Gasteiger partial charge in [-0.25, -0.2) is 15.0 Å². The third-order valence-corrected chi connectivity index (χ3v) is 3.48. The van der Waals surface area contributed by atoms with Crippen LogP contribution in [-0.2, 0) is 17.9 Å². The molecule has 0 saturated carbocycles. The third kappa shape index (κ3) is 3.40. The zero-order valence-corrected chi connectivity index (χ0v) is 12.4. The minimum Gasteiger partial charge on any atom is -0.382 e. The summed E-state index contributed by atoms with van der Waals surface area (Å²) in [4.78, 5) is 12.4. The van der Waals surface area contributed by atoms with Crippen LogP contribution in [0.15, 0.2) is 43.0 Å². The maximum absolute atomic E-state index is 5.77.